The van der Waals surface area contributed by atoms with Crippen LogP contribution in [0.1, 0.15) is 0 Å². The van der Waals surface area contributed by atoms with Gasteiger partial charge in [0, 0.05) is 68.9 Å². The van der Waals surface area contributed by atoms with Crippen molar-refractivity contribution in [1.29, 1.82) is 0 Å². The van der Waals surface area contributed by atoms with E-state index in [-0.39, 0.29) is 0 Å². The van der Waals surface area contributed by atoms with E-state index >= 15 is 0 Å². The van der Waals surface area contributed by atoms with Crippen LogP contribution in [0.2, 0.25) is 0 Å². The van der Waals surface area contributed by atoms with E-state index in [9.17, 15) is 0 Å². The van der Waals surface area contributed by atoms with Crippen LogP contribution >= 0.6 is 0 Å². The summed E-state index contributed by atoms with van der Waals surface area (Å²) >= 11 is 0. The molecule has 0 radical (unpaired) electrons. The molecule has 7 heteroatoms. The number of hydrogen-bond acceptors (Lipinski definition) is 7. The Morgan fingerprint density at radius 1 is 0.320 bits per heavy atom. The summed E-state index contributed by atoms with van der Waals surface area (Å²) in [7, 11) is 0. The van der Waals surface area contributed by atoms with Gasteiger partial charge in [-0.3, -0.25) is 9.97 Å². The van der Waals surface area contributed by atoms with Gasteiger partial charge in [0.05, 0.1) is 33.8 Å². The van der Waals surface area contributed by atoms with E-state index < -0.39 is 0 Å². The zero-order valence-corrected chi connectivity index (χ0v) is 26.7. The first-order chi connectivity index (χ1) is 24.8. The quantitative estimate of drug-likeness (QED) is 0.179. The summed E-state index contributed by atoms with van der Waals surface area (Å²) in [5.74, 6) is 1.35. The van der Waals surface area contributed by atoms with E-state index in [1.807, 2.05) is 128 Å². The van der Waals surface area contributed by atoms with Crippen LogP contribution in [0.4, 0.5) is 0 Å². The molecule has 0 aliphatic heterocycles. The molecule has 0 aliphatic carbocycles. The van der Waals surface area contributed by atoms with Gasteiger partial charge in [-0.15, -0.1) is 0 Å². The van der Waals surface area contributed by atoms with E-state index in [2.05, 4.69) is 34.2 Å². The summed E-state index contributed by atoms with van der Waals surface area (Å²) in [6, 6.07) is 46.6. The highest BCUT2D eigenvalue weighted by Crippen LogP contribution is 2.34. The van der Waals surface area contributed by atoms with Crippen LogP contribution in [0.3, 0.4) is 0 Å². The molecule has 0 spiro atoms. The summed E-state index contributed by atoms with van der Waals surface area (Å²) in [4.78, 5) is 33.9. The van der Waals surface area contributed by atoms with E-state index in [0.29, 0.717) is 11.6 Å². The Labute approximate surface area is 288 Å². The van der Waals surface area contributed by atoms with Crippen molar-refractivity contribution in [2.24, 2.45) is 0 Å². The molecule has 50 heavy (non-hydrogen) atoms. The third-order valence-electron chi connectivity index (χ3n) is 8.67. The maximum atomic E-state index is 5.16. The molecule has 5 heterocycles. The average Bonchev–Trinajstić information content (AvgIpc) is 3.21. The Bertz CT molecular complexity index is 2450. The third kappa shape index (κ3) is 5.52. The summed E-state index contributed by atoms with van der Waals surface area (Å²) in [5, 5.41) is 1.86. The number of fused-ring (bicyclic) bond motifs is 2. The zero-order valence-electron chi connectivity index (χ0n) is 26.7. The van der Waals surface area contributed by atoms with Gasteiger partial charge in [-0.2, -0.15) is 0 Å². The minimum Gasteiger partial charge on any atom is -0.264 e. The fraction of sp³-hybridized carbons (Fsp3) is 0. The number of nitrogens with zero attached hydrogens (tertiary/aromatic N) is 7. The van der Waals surface area contributed by atoms with Gasteiger partial charge in [-0.25, -0.2) is 24.9 Å². The standard InChI is InChI=1S/C43H27N7/c1-3-10-28(11-4-1)42-47-38-20-18-30(24-34(38)40(49-42)32-14-8-22-44-26-32)36-16-7-17-37(46-36)31-19-21-39-35(25-31)41(33-15-9-23-45-27-33)50-43(48-39)29-12-5-2-6-13-29/h1-27H. The van der Waals surface area contributed by atoms with Crippen molar-refractivity contribution in [3.05, 3.63) is 164 Å². The predicted molar refractivity (Wildman–Crippen MR) is 199 cm³/mol. The second kappa shape index (κ2) is 12.6. The van der Waals surface area contributed by atoms with Gasteiger partial charge in [-0.1, -0.05) is 78.9 Å². The number of hydrogen-bond donors (Lipinski definition) is 0. The molecule has 0 N–H and O–H groups in total. The molecule has 0 saturated heterocycles. The van der Waals surface area contributed by atoms with E-state index in [1.54, 1.807) is 12.4 Å². The van der Waals surface area contributed by atoms with Crippen molar-refractivity contribution in [3.8, 4) is 67.8 Å². The van der Waals surface area contributed by atoms with Crippen molar-refractivity contribution in [3.63, 3.8) is 0 Å². The van der Waals surface area contributed by atoms with Gasteiger partial charge in [-0.05, 0) is 60.7 Å². The molecular formula is C43H27N7. The topological polar surface area (TPSA) is 90.2 Å². The second-order valence-corrected chi connectivity index (χ2v) is 11.9. The van der Waals surface area contributed by atoms with Crippen molar-refractivity contribution in [1.82, 2.24) is 34.9 Å². The number of benzene rings is 4. The zero-order chi connectivity index (χ0) is 33.3. The Morgan fingerprint density at radius 2 is 0.780 bits per heavy atom. The summed E-state index contributed by atoms with van der Waals surface area (Å²) in [6.07, 6.45) is 7.22. The van der Waals surface area contributed by atoms with Crippen LogP contribution in [0.15, 0.2) is 164 Å². The van der Waals surface area contributed by atoms with Gasteiger partial charge < -0.3 is 0 Å². The Hall–Kier alpha value is -6.99. The monoisotopic (exact) mass is 641 g/mol. The summed E-state index contributed by atoms with van der Waals surface area (Å²) in [6.45, 7) is 0. The molecular weight excluding hydrogens is 615 g/mol. The molecule has 4 aromatic carbocycles. The molecule has 0 atom stereocenters. The molecule has 0 bridgehead atoms. The average molecular weight is 642 g/mol. The highest BCUT2D eigenvalue weighted by molar-refractivity contribution is 5.97. The van der Waals surface area contributed by atoms with Crippen molar-refractivity contribution >= 4 is 21.8 Å². The SMILES string of the molecule is c1ccc(-c2nc(-c3cccnc3)c3cc(-c4cccc(-c5ccc6nc(-c7ccccc7)nc(-c7cccnc7)c6c5)n4)ccc3n2)cc1. The van der Waals surface area contributed by atoms with Crippen LogP contribution < -0.4 is 0 Å². The second-order valence-electron chi connectivity index (χ2n) is 11.9. The largest absolute Gasteiger partial charge is 0.264 e. The van der Waals surface area contributed by atoms with Crippen molar-refractivity contribution < 1.29 is 0 Å². The minimum absolute atomic E-state index is 0.673. The lowest BCUT2D eigenvalue weighted by molar-refractivity contribution is 1.22. The van der Waals surface area contributed by atoms with Crippen LogP contribution in [0, 0.1) is 0 Å². The highest BCUT2D eigenvalue weighted by Gasteiger charge is 2.16. The van der Waals surface area contributed by atoms with Gasteiger partial charge in [0.2, 0.25) is 0 Å². The molecule has 0 unspecified atom stereocenters. The normalized spacial score (nSPS) is 11.2. The predicted octanol–water partition coefficient (Wildman–Crippen LogP) is 9.76. The minimum atomic E-state index is 0.673. The number of pyridine rings is 3. The maximum absolute atomic E-state index is 5.16. The Morgan fingerprint density at radius 3 is 1.22 bits per heavy atom. The van der Waals surface area contributed by atoms with Crippen molar-refractivity contribution in [2.45, 2.75) is 0 Å². The maximum Gasteiger partial charge on any atom is 0.160 e. The van der Waals surface area contributed by atoms with Gasteiger partial charge in [0.25, 0.3) is 0 Å². The lowest BCUT2D eigenvalue weighted by atomic mass is 10.0. The lowest BCUT2D eigenvalue weighted by Gasteiger charge is -2.12. The van der Waals surface area contributed by atoms with Crippen LogP contribution in [0.25, 0.3) is 89.6 Å². The van der Waals surface area contributed by atoms with Gasteiger partial charge in [0.1, 0.15) is 0 Å². The molecule has 9 aromatic rings. The Kier molecular flexibility index (Phi) is 7.33. The van der Waals surface area contributed by atoms with Crippen molar-refractivity contribution in [2.75, 3.05) is 0 Å². The molecule has 0 amide bonds. The molecule has 0 saturated carbocycles. The lowest BCUT2D eigenvalue weighted by Crippen LogP contribution is -1.97. The molecule has 7 nitrogen and oxygen atoms in total. The third-order valence-corrected chi connectivity index (χ3v) is 8.67. The first-order valence-electron chi connectivity index (χ1n) is 16.3. The molecule has 0 aliphatic rings. The van der Waals surface area contributed by atoms with E-state index in [4.69, 9.17) is 24.9 Å². The molecule has 9 rings (SSSR count). The first kappa shape index (κ1) is 29.2. The summed E-state index contributed by atoms with van der Waals surface area (Å²) in [5.41, 5.74) is 10.7. The first-order valence-corrected chi connectivity index (χ1v) is 16.3. The van der Waals surface area contributed by atoms with E-state index in [0.717, 1.165) is 78.0 Å². The number of rotatable bonds is 6. The molecule has 5 aromatic heterocycles. The fourth-order valence-electron chi connectivity index (χ4n) is 6.21. The van der Waals surface area contributed by atoms with Gasteiger partial charge >= 0.3 is 0 Å². The smallest absolute Gasteiger partial charge is 0.160 e. The number of aromatic nitrogens is 7. The van der Waals surface area contributed by atoms with Crippen LogP contribution in [0.5, 0.6) is 0 Å². The van der Waals surface area contributed by atoms with Gasteiger partial charge in [0.15, 0.2) is 11.6 Å². The van der Waals surface area contributed by atoms with Crippen LogP contribution in [-0.2, 0) is 0 Å². The summed E-state index contributed by atoms with van der Waals surface area (Å²) < 4.78 is 0. The highest BCUT2D eigenvalue weighted by atomic mass is 14.9. The molecule has 234 valence electrons. The van der Waals surface area contributed by atoms with Crippen LogP contribution in [-0.4, -0.2) is 34.9 Å². The molecule has 0 fully saturated rings. The fourth-order valence-corrected chi connectivity index (χ4v) is 6.21. The Balaban J connectivity index is 1.15. The van der Waals surface area contributed by atoms with E-state index in [1.165, 1.54) is 0 Å².